The van der Waals surface area contributed by atoms with Gasteiger partial charge in [-0.25, -0.2) is 0 Å². The fourth-order valence-corrected chi connectivity index (χ4v) is 0.758. The molecule has 4 N–H and O–H groups in total. The van der Waals surface area contributed by atoms with E-state index in [2.05, 4.69) is 10.3 Å². The molecule has 1 unspecified atom stereocenters. The maximum atomic E-state index is 9.21. The average molecular weight is 189 g/mol. The van der Waals surface area contributed by atoms with Crippen LogP contribution in [0.4, 0.5) is 0 Å². The van der Waals surface area contributed by atoms with Crippen molar-refractivity contribution < 1.29 is 9.84 Å². The molecule has 0 amide bonds. The van der Waals surface area contributed by atoms with E-state index in [0.29, 0.717) is 5.96 Å². The van der Waals surface area contributed by atoms with Gasteiger partial charge in [-0.05, 0) is 6.42 Å². The molecule has 0 radical (unpaired) electrons. The first-order chi connectivity index (χ1) is 6.20. The number of nitrogens with two attached hydrogens (primary N) is 1. The molecule has 0 saturated heterocycles. The van der Waals surface area contributed by atoms with Gasteiger partial charge in [-0.15, -0.1) is 0 Å². The quantitative estimate of drug-likeness (QED) is 0.381. The molecule has 78 valence electrons. The maximum Gasteiger partial charge on any atom is 0.188 e. The zero-order chi connectivity index (χ0) is 10.1. The van der Waals surface area contributed by atoms with Crippen LogP contribution in [0.1, 0.15) is 13.3 Å². The van der Waals surface area contributed by atoms with Crippen molar-refractivity contribution in [1.82, 2.24) is 5.32 Å². The molecule has 0 saturated carbocycles. The monoisotopic (exact) mass is 189 g/mol. The van der Waals surface area contributed by atoms with E-state index >= 15 is 0 Å². The first kappa shape index (κ1) is 12.2. The summed E-state index contributed by atoms with van der Waals surface area (Å²) in [6.45, 7) is 3.40. The fourth-order valence-electron chi connectivity index (χ4n) is 0.758. The smallest absolute Gasteiger partial charge is 0.188 e. The van der Waals surface area contributed by atoms with E-state index in [9.17, 15) is 5.11 Å². The Balaban J connectivity index is 3.56. The third-order valence-electron chi connectivity index (χ3n) is 1.39. The highest BCUT2D eigenvalue weighted by atomic mass is 16.5. The minimum absolute atomic E-state index is 0.274. The summed E-state index contributed by atoms with van der Waals surface area (Å²) in [5.41, 5.74) is 5.49. The predicted molar refractivity (Wildman–Crippen MR) is 52.7 cm³/mol. The van der Waals surface area contributed by atoms with Gasteiger partial charge in [-0.3, -0.25) is 4.99 Å². The van der Waals surface area contributed by atoms with E-state index in [0.717, 1.165) is 13.0 Å². The van der Waals surface area contributed by atoms with Crippen molar-refractivity contribution >= 4 is 5.96 Å². The first-order valence-electron chi connectivity index (χ1n) is 4.41. The Hall–Kier alpha value is -0.810. The van der Waals surface area contributed by atoms with Gasteiger partial charge in [0.05, 0.1) is 19.3 Å². The number of methoxy groups -OCH3 is 1. The lowest BCUT2D eigenvalue weighted by atomic mass is 10.4. The van der Waals surface area contributed by atoms with Crippen molar-refractivity contribution in [2.45, 2.75) is 19.4 Å². The zero-order valence-corrected chi connectivity index (χ0v) is 8.29. The molecule has 0 heterocycles. The number of ether oxygens (including phenoxy) is 1. The number of nitrogens with zero attached hydrogens (tertiary/aromatic N) is 1. The van der Waals surface area contributed by atoms with Crippen molar-refractivity contribution in [1.29, 1.82) is 0 Å². The standard InChI is InChI=1S/C8H19N3O2/c1-3-4-10-8(9)11-5-7(12)6-13-2/h7,12H,3-6H2,1-2H3,(H3,9,10,11). The van der Waals surface area contributed by atoms with Crippen LogP contribution in [0.2, 0.25) is 0 Å². The van der Waals surface area contributed by atoms with Gasteiger partial charge in [0.1, 0.15) is 0 Å². The zero-order valence-electron chi connectivity index (χ0n) is 8.29. The molecular weight excluding hydrogens is 170 g/mol. The molecule has 5 heteroatoms. The van der Waals surface area contributed by atoms with E-state index in [-0.39, 0.29) is 13.2 Å². The summed E-state index contributed by atoms with van der Waals surface area (Å²) in [5.74, 6) is 0.372. The van der Waals surface area contributed by atoms with Gasteiger partial charge in [-0.2, -0.15) is 0 Å². The number of hydrogen-bond donors (Lipinski definition) is 3. The Bertz CT molecular complexity index is 150. The van der Waals surface area contributed by atoms with Gasteiger partial charge in [0.2, 0.25) is 0 Å². The van der Waals surface area contributed by atoms with Crippen molar-refractivity contribution in [2.24, 2.45) is 10.7 Å². The van der Waals surface area contributed by atoms with Crippen LogP contribution in [0, 0.1) is 0 Å². The number of aliphatic hydroxyl groups excluding tert-OH is 1. The Kier molecular flexibility index (Phi) is 7.33. The Labute approximate surface area is 79.0 Å². The minimum atomic E-state index is -0.577. The van der Waals surface area contributed by atoms with E-state index in [1.807, 2.05) is 6.92 Å². The molecule has 0 aromatic heterocycles. The first-order valence-corrected chi connectivity index (χ1v) is 4.41. The molecule has 0 aromatic carbocycles. The second-order valence-corrected chi connectivity index (χ2v) is 2.76. The largest absolute Gasteiger partial charge is 0.389 e. The van der Waals surface area contributed by atoms with Gasteiger partial charge >= 0.3 is 0 Å². The number of aliphatic hydroxyl groups is 1. The summed E-state index contributed by atoms with van der Waals surface area (Å²) in [7, 11) is 1.53. The summed E-state index contributed by atoms with van der Waals surface area (Å²) in [6, 6.07) is 0. The number of rotatable bonds is 6. The van der Waals surface area contributed by atoms with Gasteiger partial charge in [0.25, 0.3) is 0 Å². The number of hydrogen-bond acceptors (Lipinski definition) is 3. The molecule has 0 aliphatic heterocycles. The summed E-state index contributed by atoms with van der Waals surface area (Å²) in [4.78, 5) is 3.93. The average Bonchev–Trinajstić information content (AvgIpc) is 2.12. The SMILES string of the molecule is CCCNC(N)=NCC(O)COC. The molecule has 5 nitrogen and oxygen atoms in total. The number of nitrogens with one attached hydrogen (secondary N) is 1. The van der Waals surface area contributed by atoms with Gasteiger partial charge in [0, 0.05) is 13.7 Å². The molecule has 0 rings (SSSR count). The number of guanidine groups is 1. The van der Waals surface area contributed by atoms with Crippen molar-refractivity contribution in [2.75, 3.05) is 26.8 Å². The third-order valence-corrected chi connectivity index (χ3v) is 1.39. The normalized spacial score (nSPS) is 14.2. The highest BCUT2D eigenvalue weighted by molar-refractivity contribution is 5.77. The van der Waals surface area contributed by atoms with Crippen LogP contribution in [0.15, 0.2) is 4.99 Å². The topological polar surface area (TPSA) is 79.9 Å². The molecule has 0 aliphatic carbocycles. The highest BCUT2D eigenvalue weighted by Crippen LogP contribution is 1.84. The van der Waals surface area contributed by atoms with Crippen LogP contribution >= 0.6 is 0 Å². The van der Waals surface area contributed by atoms with Crippen molar-refractivity contribution in [3.63, 3.8) is 0 Å². The van der Waals surface area contributed by atoms with Crippen molar-refractivity contribution in [3.05, 3.63) is 0 Å². The molecule has 13 heavy (non-hydrogen) atoms. The van der Waals surface area contributed by atoms with Crippen LogP contribution in [0.25, 0.3) is 0 Å². The second-order valence-electron chi connectivity index (χ2n) is 2.76. The molecule has 0 aliphatic rings. The van der Waals surface area contributed by atoms with Gasteiger partial charge < -0.3 is 20.9 Å². The van der Waals surface area contributed by atoms with Gasteiger partial charge in [-0.1, -0.05) is 6.92 Å². The van der Waals surface area contributed by atoms with E-state index < -0.39 is 6.10 Å². The maximum absolute atomic E-state index is 9.21. The summed E-state index contributed by atoms with van der Waals surface area (Å²) in [5, 5.41) is 12.1. The second kappa shape index (κ2) is 7.82. The fraction of sp³-hybridized carbons (Fsp3) is 0.875. The van der Waals surface area contributed by atoms with Crippen LogP contribution in [0.3, 0.4) is 0 Å². The molecule has 0 spiro atoms. The van der Waals surface area contributed by atoms with E-state index in [1.165, 1.54) is 7.11 Å². The Morgan fingerprint density at radius 2 is 2.38 bits per heavy atom. The summed E-state index contributed by atoms with van der Waals surface area (Å²) in [6.07, 6.45) is 0.420. The lowest BCUT2D eigenvalue weighted by molar-refractivity contribution is 0.0704. The molecule has 1 atom stereocenters. The third kappa shape index (κ3) is 7.55. The molecular formula is C8H19N3O2. The Morgan fingerprint density at radius 3 is 2.92 bits per heavy atom. The van der Waals surface area contributed by atoms with Crippen LogP contribution in [-0.4, -0.2) is 44.0 Å². The minimum Gasteiger partial charge on any atom is -0.389 e. The lowest BCUT2D eigenvalue weighted by Crippen LogP contribution is -2.33. The summed E-state index contributed by atoms with van der Waals surface area (Å²) < 4.78 is 4.74. The van der Waals surface area contributed by atoms with Gasteiger partial charge in [0.15, 0.2) is 5.96 Å². The van der Waals surface area contributed by atoms with E-state index in [1.54, 1.807) is 0 Å². The van der Waals surface area contributed by atoms with E-state index in [4.69, 9.17) is 10.5 Å². The van der Waals surface area contributed by atoms with Crippen molar-refractivity contribution in [3.8, 4) is 0 Å². The lowest BCUT2D eigenvalue weighted by Gasteiger charge is -2.07. The Morgan fingerprint density at radius 1 is 1.69 bits per heavy atom. The van der Waals surface area contributed by atoms with Crippen LogP contribution in [0.5, 0.6) is 0 Å². The summed E-state index contributed by atoms with van der Waals surface area (Å²) >= 11 is 0. The molecule has 0 fully saturated rings. The predicted octanol–water partition coefficient (Wildman–Crippen LogP) is -0.692. The van der Waals surface area contributed by atoms with Crippen LogP contribution < -0.4 is 11.1 Å². The van der Waals surface area contributed by atoms with Crippen LogP contribution in [-0.2, 0) is 4.74 Å². The highest BCUT2D eigenvalue weighted by Gasteiger charge is 2.01. The number of aliphatic imine (C=N–C) groups is 1. The molecule has 0 bridgehead atoms. The molecule has 0 aromatic rings.